The van der Waals surface area contributed by atoms with E-state index in [-0.39, 0.29) is 0 Å². The van der Waals surface area contributed by atoms with Crippen molar-refractivity contribution >= 4 is 32.3 Å². The lowest BCUT2D eigenvalue weighted by Gasteiger charge is -2.13. The van der Waals surface area contributed by atoms with Crippen LogP contribution in [0.5, 0.6) is 5.75 Å². The first-order valence-corrected chi connectivity index (χ1v) is 8.23. The summed E-state index contributed by atoms with van der Waals surface area (Å²) in [5.74, 6) is 0.352. The fraction of sp³-hybridized carbons (Fsp3) is 0.0435. The van der Waals surface area contributed by atoms with E-state index < -0.39 is 0 Å². The van der Waals surface area contributed by atoms with E-state index in [1.807, 2.05) is 12.1 Å². The average Bonchev–Trinajstić information content (AvgIpc) is 2.62. The molecule has 0 amide bonds. The topological polar surface area (TPSA) is 20.2 Å². The smallest absolute Gasteiger partial charge is 0.123 e. The minimum atomic E-state index is 0.352. The Hall–Kier alpha value is -3.06. The molecule has 5 aromatic rings. The van der Waals surface area contributed by atoms with E-state index in [2.05, 4.69) is 60.7 Å². The SMILES string of the molecule is Oc1ccc2ccc3cc(Cc4ccccc4)cc4ccc1c2c34. The summed E-state index contributed by atoms with van der Waals surface area (Å²) in [6, 6.07) is 27.4. The molecule has 0 spiro atoms. The van der Waals surface area contributed by atoms with Gasteiger partial charge < -0.3 is 5.11 Å². The summed E-state index contributed by atoms with van der Waals surface area (Å²) in [7, 11) is 0. The Morgan fingerprint density at radius 3 is 2.04 bits per heavy atom. The molecule has 0 bridgehead atoms. The molecule has 0 fully saturated rings. The number of phenols is 1. The van der Waals surface area contributed by atoms with E-state index in [0.717, 1.165) is 17.2 Å². The third-order valence-corrected chi connectivity index (χ3v) is 4.89. The van der Waals surface area contributed by atoms with Gasteiger partial charge in [0.15, 0.2) is 0 Å². The van der Waals surface area contributed by atoms with Gasteiger partial charge >= 0.3 is 0 Å². The van der Waals surface area contributed by atoms with Crippen molar-refractivity contribution in [1.82, 2.24) is 0 Å². The van der Waals surface area contributed by atoms with Crippen LogP contribution in [0.4, 0.5) is 0 Å². The number of phenolic OH excluding ortho intramolecular Hbond substituents is 1. The van der Waals surface area contributed by atoms with Gasteiger partial charge in [0.05, 0.1) is 0 Å². The number of benzene rings is 5. The zero-order valence-electron chi connectivity index (χ0n) is 13.2. The normalized spacial score (nSPS) is 11.7. The van der Waals surface area contributed by atoms with Gasteiger partial charge in [-0.1, -0.05) is 72.8 Å². The summed E-state index contributed by atoms with van der Waals surface area (Å²) >= 11 is 0. The maximum absolute atomic E-state index is 10.2. The first-order chi connectivity index (χ1) is 11.8. The lowest BCUT2D eigenvalue weighted by atomic mass is 9.91. The van der Waals surface area contributed by atoms with Gasteiger partial charge in [0.1, 0.15) is 5.75 Å². The molecule has 5 aromatic carbocycles. The van der Waals surface area contributed by atoms with Crippen LogP contribution in [0, 0.1) is 0 Å². The maximum Gasteiger partial charge on any atom is 0.123 e. The molecular formula is C23H16O. The van der Waals surface area contributed by atoms with E-state index in [1.54, 1.807) is 6.07 Å². The van der Waals surface area contributed by atoms with Crippen molar-refractivity contribution in [3.63, 3.8) is 0 Å². The second-order valence-electron chi connectivity index (χ2n) is 6.44. The molecule has 0 atom stereocenters. The van der Waals surface area contributed by atoms with Gasteiger partial charge in [-0.05, 0) is 45.2 Å². The molecule has 5 rings (SSSR count). The second-order valence-corrected chi connectivity index (χ2v) is 6.44. The molecule has 0 radical (unpaired) electrons. The molecule has 0 aliphatic rings. The molecule has 0 aromatic heterocycles. The fourth-order valence-corrected chi connectivity index (χ4v) is 3.80. The van der Waals surface area contributed by atoms with Gasteiger partial charge in [-0.2, -0.15) is 0 Å². The minimum Gasteiger partial charge on any atom is -0.507 e. The molecule has 1 nitrogen and oxygen atoms in total. The van der Waals surface area contributed by atoms with Crippen LogP contribution < -0.4 is 0 Å². The number of aromatic hydroxyl groups is 1. The van der Waals surface area contributed by atoms with Gasteiger partial charge in [0, 0.05) is 10.8 Å². The third-order valence-electron chi connectivity index (χ3n) is 4.89. The predicted octanol–water partition coefficient (Wildman–Crippen LogP) is 5.88. The highest BCUT2D eigenvalue weighted by atomic mass is 16.3. The van der Waals surface area contributed by atoms with E-state index in [0.29, 0.717) is 5.75 Å². The van der Waals surface area contributed by atoms with Crippen molar-refractivity contribution in [2.45, 2.75) is 6.42 Å². The first kappa shape index (κ1) is 13.4. The molecule has 0 aliphatic heterocycles. The van der Waals surface area contributed by atoms with Crippen molar-refractivity contribution in [3.8, 4) is 5.75 Å². The summed E-state index contributed by atoms with van der Waals surface area (Å²) in [5, 5.41) is 17.2. The van der Waals surface area contributed by atoms with E-state index in [4.69, 9.17) is 0 Å². The molecule has 0 saturated carbocycles. The van der Waals surface area contributed by atoms with Gasteiger partial charge in [0.25, 0.3) is 0 Å². The predicted molar refractivity (Wildman–Crippen MR) is 101 cm³/mol. The highest BCUT2D eigenvalue weighted by molar-refractivity contribution is 6.24. The van der Waals surface area contributed by atoms with Gasteiger partial charge in [-0.3, -0.25) is 0 Å². The fourth-order valence-electron chi connectivity index (χ4n) is 3.80. The average molecular weight is 308 g/mol. The van der Waals surface area contributed by atoms with Crippen molar-refractivity contribution < 1.29 is 5.11 Å². The summed E-state index contributed by atoms with van der Waals surface area (Å²) in [5.41, 5.74) is 2.64. The zero-order chi connectivity index (χ0) is 16.1. The Morgan fingerprint density at radius 1 is 0.583 bits per heavy atom. The number of rotatable bonds is 2. The monoisotopic (exact) mass is 308 g/mol. The van der Waals surface area contributed by atoms with Crippen LogP contribution in [0.2, 0.25) is 0 Å². The molecule has 0 saturated heterocycles. The lowest BCUT2D eigenvalue weighted by molar-refractivity contribution is 0.482. The quantitative estimate of drug-likeness (QED) is 0.404. The van der Waals surface area contributed by atoms with Crippen molar-refractivity contribution in [2.75, 3.05) is 0 Å². The highest BCUT2D eigenvalue weighted by Crippen LogP contribution is 2.38. The van der Waals surface area contributed by atoms with Crippen LogP contribution in [-0.4, -0.2) is 5.11 Å². The van der Waals surface area contributed by atoms with Crippen molar-refractivity contribution in [3.05, 3.63) is 90.0 Å². The van der Waals surface area contributed by atoms with Crippen molar-refractivity contribution in [1.29, 1.82) is 0 Å². The molecule has 1 N–H and O–H groups in total. The van der Waals surface area contributed by atoms with Gasteiger partial charge in [-0.15, -0.1) is 0 Å². The Balaban J connectivity index is 1.79. The van der Waals surface area contributed by atoms with E-state index >= 15 is 0 Å². The van der Waals surface area contributed by atoms with Crippen LogP contribution in [0.25, 0.3) is 32.3 Å². The van der Waals surface area contributed by atoms with Crippen molar-refractivity contribution in [2.24, 2.45) is 0 Å². The van der Waals surface area contributed by atoms with Crippen LogP contribution >= 0.6 is 0 Å². The summed E-state index contributed by atoms with van der Waals surface area (Å²) in [6.45, 7) is 0. The molecule has 0 heterocycles. The molecule has 0 unspecified atom stereocenters. The minimum absolute atomic E-state index is 0.352. The van der Waals surface area contributed by atoms with Crippen LogP contribution in [0.3, 0.4) is 0 Å². The second kappa shape index (κ2) is 4.97. The van der Waals surface area contributed by atoms with Crippen LogP contribution in [-0.2, 0) is 6.42 Å². The zero-order valence-corrected chi connectivity index (χ0v) is 13.2. The largest absolute Gasteiger partial charge is 0.507 e. The van der Waals surface area contributed by atoms with Crippen LogP contribution in [0.1, 0.15) is 11.1 Å². The number of hydrogen-bond acceptors (Lipinski definition) is 1. The Labute approximate surface area is 140 Å². The summed E-state index contributed by atoms with van der Waals surface area (Å²) in [6.07, 6.45) is 0.933. The third kappa shape index (κ3) is 1.95. The Kier molecular flexibility index (Phi) is 2.77. The molecule has 24 heavy (non-hydrogen) atoms. The molecular weight excluding hydrogens is 292 g/mol. The molecule has 0 aliphatic carbocycles. The summed E-state index contributed by atoms with van der Waals surface area (Å²) in [4.78, 5) is 0. The van der Waals surface area contributed by atoms with E-state index in [9.17, 15) is 5.11 Å². The molecule has 1 heteroatoms. The van der Waals surface area contributed by atoms with E-state index in [1.165, 1.54) is 32.7 Å². The lowest BCUT2D eigenvalue weighted by Crippen LogP contribution is -1.90. The molecule has 114 valence electrons. The summed E-state index contributed by atoms with van der Waals surface area (Å²) < 4.78 is 0. The number of hydrogen-bond donors (Lipinski definition) is 1. The Morgan fingerprint density at radius 2 is 1.25 bits per heavy atom. The maximum atomic E-state index is 10.2. The highest BCUT2D eigenvalue weighted by Gasteiger charge is 2.11. The standard InChI is InChI=1S/C23H16O/c24-21-11-9-17-6-7-18-13-16(12-15-4-2-1-3-5-15)14-19-8-10-20(21)23(17)22(18)19/h1-11,13-14,24H,12H2. The van der Waals surface area contributed by atoms with Crippen LogP contribution in [0.15, 0.2) is 78.9 Å². The Bertz CT molecular complexity index is 1150. The van der Waals surface area contributed by atoms with Gasteiger partial charge in [-0.25, -0.2) is 0 Å². The van der Waals surface area contributed by atoms with Gasteiger partial charge in [0.2, 0.25) is 0 Å². The first-order valence-electron chi connectivity index (χ1n) is 8.23.